The Kier molecular flexibility index (Phi) is 4.85. The second-order valence-corrected chi connectivity index (χ2v) is 8.72. The molecule has 2 aliphatic heterocycles. The van der Waals surface area contributed by atoms with Gasteiger partial charge in [0.2, 0.25) is 5.95 Å². The van der Waals surface area contributed by atoms with E-state index >= 15 is 0 Å². The van der Waals surface area contributed by atoms with Gasteiger partial charge in [-0.15, -0.1) is 0 Å². The Morgan fingerprint density at radius 2 is 1.54 bits per heavy atom. The zero-order valence-electron chi connectivity index (χ0n) is 16.9. The van der Waals surface area contributed by atoms with Crippen LogP contribution in [-0.4, -0.2) is 70.7 Å². The first-order valence-corrected chi connectivity index (χ1v) is 10.9. The highest BCUT2D eigenvalue weighted by molar-refractivity contribution is 5.78. The molecule has 3 heterocycles. The largest absolute Gasteiger partial charge is 0.339 e. The molecule has 0 N–H and O–H groups in total. The van der Waals surface area contributed by atoms with E-state index in [2.05, 4.69) is 14.7 Å². The Bertz CT molecular complexity index is 889. The first kappa shape index (κ1) is 18.1. The van der Waals surface area contributed by atoms with Crippen LogP contribution >= 0.6 is 0 Å². The molecule has 0 atom stereocenters. The summed E-state index contributed by atoms with van der Waals surface area (Å²) in [7, 11) is 1.84. The monoisotopic (exact) mass is 381 g/mol. The van der Waals surface area contributed by atoms with Crippen molar-refractivity contribution in [2.24, 2.45) is 7.05 Å². The van der Waals surface area contributed by atoms with Crippen molar-refractivity contribution in [3.05, 3.63) is 34.6 Å². The van der Waals surface area contributed by atoms with Crippen LogP contribution in [0.25, 0.3) is 10.9 Å². The van der Waals surface area contributed by atoms with Crippen molar-refractivity contribution in [1.82, 2.24) is 19.4 Å². The molecule has 2 saturated heterocycles. The Morgan fingerprint density at radius 1 is 0.893 bits per heavy atom. The number of hydrogen-bond acceptors (Lipinski definition) is 5. The van der Waals surface area contributed by atoms with E-state index in [1.165, 1.54) is 58.3 Å². The molecule has 1 saturated carbocycles. The summed E-state index contributed by atoms with van der Waals surface area (Å²) in [5.74, 6) is 0.806. The lowest BCUT2D eigenvalue weighted by Crippen LogP contribution is -2.64. The van der Waals surface area contributed by atoms with Crippen LogP contribution < -0.4 is 10.5 Å². The number of benzene rings is 1. The van der Waals surface area contributed by atoms with Gasteiger partial charge in [0, 0.05) is 58.4 Å². The molecule has 2 aromatic rings. The van der Waals surface area contributed by atoms with E-state index in [-0.39, 0.29) is 5.56 Å². The van der Waals surface area contributed by atoms with Gasteiger partial charge in [0.1, 0.15) is 0 Å². The number of aromatic nitrogens is 2. The van der Waals surface area contributed by atoms with Crippen molar-refractivity contribution in [3.8, 4) is 0 Å². The predicted molar refractivity (Wildman–Crippen MR) is 113 cm³/mol. The summed E-state index contributed by atoms with van der Waals surface area (Å²) in [6.07, 6.45) is 7.07. The van der Waals surface area contributed by atoms with Gasteiger partial charge < -0.3 is 4.90 Å². The van der Waals surface area contributed by atoms with Crippen LogP contribution in [-0.2, 0) is 7.05 Å². The van der Waals surface area contributed by atoms with Crippen molar-refractivity contribution < 1.29 is 0 Å². The lowest BCUT2D eigenvalue weighted by molar-refractivity contribution is 0.0484. The van der Waals surface area contributed by atoms with Crippen LogP contribution in [0.1, 0.15) is 32.1 Å². The third-order valence-corrected chi connectivity index (χ3v) is 7.06. The van der Waals surface area contributed by atoms with Gasteiger partial charge in [0.25, 0.3) is 5.56 Å². The minimum Gasteiger partial charge on any atom is -0.339 e. The molecule has 3 fully saturated rings. The van der Waals surface area contributed by atoms with Crippen LogP contribution in [0, 0.1) is 0 Å². The van der Waals surface area contributed by atoms with Crippen molar-refractivity contribution in [2.45, 2.75) is 44.2 Å². The lowest BCUT2D eigenvalue weighted by Gasteiger charge is -2.49. The summed E-state index contributed by atoms with van der Waals surface area (Å²) in [4.78, 5) is 25.1. The van der Waals surface area contributed by atoms with Crippen molar-refractivity contribution >= 4 is 16.9 Å². The third-order valence-electron chi connectivity index (χ3n) is 7.06. The van der Waals surface area contributed by atoms with Crippen LogP contribution in [0.2, 0.25) is 0 Å². The fourth-order valence-electron chi connectivity index (χ4n) is 5.25. The summed E-state index contributed by atoms with van der Waals surface area (Å²) in [6.45, 7) is 6.74. The van der Waals surface area contributed by atoms with E-state index in [1.54, 1.807) is 4.57 Å². The van der Waals surface area contributed by atoms with Crippen LogP contribution in [0.4, 0.5) is 5.95 Å². The summed E-state index contributed by atoms with van der Waals surface area (Å²) >= 11 is 0. The first-order chi connectivity index (χ1) is 13.7. The number of hydrogen-bond donors (Lipinski definition) is 0. The maximum absolute atomic E-state index is 12.6. The predicted octanol–water partition coefficient (Wildman–Crippen LogP) is 2.07. The van der Waals surface area contributed by atoms with Crippen molar-refractivity contribution in [3.63, 3.8) is 0 Å². The third kappa shape index (κ3) is 3.22. The van der Waals surface area contributed by atoms with Crippen LogP contribution in [0.15, 0.2) is 29.1 Å². The SMILES string of the molecule is Cn1c(N2CC(N3CCN(C4CCCCC4)CC3)C2)nc2ccccc2c1=O. The number of fused-ring (bicyclic) bond motifs is 1. The zero-order chi connectivity index (χ0) is 19.1. The number of para-hydroxylation sites is 1. The molecule has 0 bridgehead atoms. The van der Waals surface area contributed by atoms with Crippen LogP contribution in [0.3, 0.4) is 0 Å². The van der Waals surface area contributed by atoms with Gasteiger partial charge in [-0.25, -0.2) is 4.98 Å². The average Bonchev–Trinajstić information content (AvgIpc) is 2.72. The molecule has 3 aliphatic rings. The summed E-state index contributed by atoms with van der Waals surface area (Å²) in [6, 6.07) is 9.07. The van der Waals surface area contributed by atoms with Gasteiger partial charge in [-0.2, -0.15) is 0 Å². The highest BCUT2D eigenvalue weighted by Crippen LogP contribution is 2.26. The van der Waals surface area contributed by atoms with Gasteiger partial charge in [0.05, 0.1) is 10.9 Å². The molecule has 6 nitrogen and oxygen atoms in total. The zero-order valence-corrected chi connectivity index (χ0v) is 16.9. The fraction of sp³-hybridized carbons (Fsp3) is 0.636. The highest BCUT2D eigenvalue weighted by Gasteiger charge is 2.36. The molecule has 0 unspecified atom stereocenters. The van der Waals surface area contributed by atoms with E-state index in [0.717, 1.165) is 30.6 Å². The number of rotatable bonds is 3. The van der Waals surface area contributed by atoms with Gasteiger partial charge in [-0.1, -0.05) is 31.4 Å². The molecule has 150 valence electrons. The van der Waals surface area contributed by atoms with Gasteiger partial charge >= 0.3 is 0 Å². The van der Waals surface area contributed by atoms with E-state index < -0.39 is 0 Å². The maximum atomic E-state index is 12.6. The smallest absolute Gasteiger partial charge is 0.262 e. The molecule has 1 aliphatic carbocycles. The Labute approximate surface area is 166 Å². The number of nitrogens with zero attached hydrogens (tertiary/aromatic N) is 5. The second-order valence-electron chi connectivity index (χ2n) is 8.72. The fourth-order valence-corrected chi connectivity index (χ4v) is 5.25. The van der Waals surface area contributed by atoms with Gasteiger partial charge in [-0.3, -0.25) is 19.2 Å². The molecule has 1 aromatic carbocycles. The minimum absolute atomic E-state index is 0.0464. The van der Waals surface area contributed by atoms with Gasteiger partial charge in [-0.05, 0) is 25.0 Å². The molecular weight excluding hydrogens is 350 g/mol. The highest BCUT2D eigenvalue weighted by atomic mass is 16.1. The van der Waals surface area contributed by atoms with E-state index in [0.29, 0.717) is 11.4 Å². The quantitative estimate of drug-likeness (QED) is 0.815. The average molecular weight is 382 g/mol. The summed E-state index contributed by atoms with van der Waals surface area (Å²) < 4.78 is 1.71. The number of anilines is 1. The minimum atomic E-state index is 0.0464. The topological polar surface area (TPSA) is 44.6 Å². The molecule has 0 radical (unpaired) electrons. The molecule has 0 spiro atoms. The maximum Gasteiger partial charge on any atom is 0.262 e. The first-order valence-electron chi connectivity index (χ1n) is 10.9. The lowest BCUT2D eigenvalue weighted by atomic mass is 9.93. The Hall–Kier alpha value is -1.92. The standard InChI is InChI=1S/C22H31N5O/c1-24-21(28)19-9-5-6-10-20(19)23-22(24)27-15-18(16-27)26-13-11-25(12-14-26)17-7-3-2-4-8-17/h5-6,9-10,17-18H,2-4,7-8,11-16H2,1H3. The normalized spacial score (nSPS) is 23.2. The van der Waals surface area contributed by atoms with E-state index in [1.807, 2.05) is 31.3 Å². The molecule has 6 heteroatoms. The summed E-state index contributed by atoms with van der Waals surface area (Å²) in [5.41, 5.74) is 0.843. The molecule has 28 heavy (non-hydrogen) atoms. The molecule has 5 rings (SSSR count). The van der Waals surface area contributed by atoms with Crippen molar-refractivity contribution in [1.29, 1.82) is 0 Å². The molecule has 0 amide bonds. The van der Waals surface area contributed by atoms with E-state index in [4.69, 9.17) is 4.98 Å². The van der Waals surface area contributed by atoms with Gasteiger partial charge in [0.15, 0.2) is 0 Å². The Morgan fingerprint density at radius 3 is 2.25 bits per heavy atom. The van der Waals surface area contributed by atoms with E-state index in [9.17, 15) is 4.79 Å². The summed E-state index contributed by atoms with van der Waals surface area (Å²) in [5, 5.41) is 0.699. The number of piperazine rings is 1. The van der Waals surface area contributed by atoms with Crippen molar-refractivity contribution in [2.75, 3.05) is 44.2 Å². The molecular formula is C22H31N5O. The Balaban J connectivity index is 1.21. The molecule has 1 aromatic heterocycles. The van der Waals surface area contributed by atoms with Crippen LogP contribution in [0.5, 0.6) is 0 Å². The second kappa shape index (κ2) is 7.48.